The number of fused-ring (bicyclic) bond motifs is 1. The van der Waals surface area contributed by atoms with Gasteiger partial charge >= 0.3 is 0 Å². The van der Waals surface area contributed by atoms with Gasteiger partial charge in [-0.2, -0.15) is 5.26 Å². The zero-order valence-electron chi connectivity index (χ0n) is 9.67. The lowest BCUT2D eigenvalue weighted by atomic mass is 10.1. The summed E-state index contributed by atoms with van der Waals surface area (Å²) in [6, 6.07) is 10.7. The number of benzene rings is 1. The summed E-state index contributed by atoms with van der Waals surface area (Å²) in [7, 11) is 0. The maximum atomic E-state index is 9.08. The SMILES string of the molecule is N#Cc1cc2ccccc2nc1NC(CO)CO. The van der Waals surface area contributed by atoms with E-state index in [0.29, 0.717) is 11.4 Å². The molecule has 0 aliphatic rings. The van der Waals surface area contributed by atoms with Crippen LogP contribution < -0.4 is 5.32 Å². The van der Waals surface area contributed by atoms with Crippen molar-refractivity contribution < 1.29 is 10.2 Å². The second-order valence-corrected chi connectivity index (χ2v) is 3.90. The zero-order chi connectivity index (χ0) is 13.0. The Morgan fingerprint density at radius 2 is 2.00 bits per heavy atom. The molecule has 0 atom stereocenters. The molecule has 1 heterocycles. The molecule has 0 bridgehead atoms. The fourth-order valence-electron chi connectivity index (χ4n) is 1.65. The van der Waals surface area contributed by atoms with Crippen LogP contribution in [-0.4, -0.2) is 34.5 Å². The summed E-state index contributed by atoms with van der Waals surface area (Å²) in [6.07, 6.45) is 0. The van der Waals surface area contributed by atoms with E-state index in [4.69, 9.17) is 15.5 Å². The maximum Gasteiger partial charge on any atom is 0.145 e. The van der Waals surface area contributed by atoms with Gasteiger partial charge in [0.15, 0.2) is 0 Å². The van der Waals surface area contributed by atoms with Gasteiger partial charge in [-0.05, 0) is 12.1 Å². The van der Waals surface area contributed by atoms with Crippen molar-refractivity contribution in [2.45, 2.75) is 6.04 Å². The van der Waals surface area contributed by atoms with E-state index in [0.717, 1.165) is 10.9 Å². The Kier molecular flexibility index (Phi) is 3.72. The van der Waals surface area contributed by atoms with E-state index in [1.54, 1.807) is 6.07 Å². The predicted octanol–water partition coefficient (Wildman–Crippen LogP) is 0.872. The van der Waals surface area contributed by atoms with Crippen LogP contribution in [0.2, 0.25) is 0 Å². The summed E-state index contributed by atoms with van der Waals surface area (Å²) < 4.78 is 0. The van der Waals surface area contributed by atoms with Gasteiger partial charge < -0.3 is 15.5 Å². The van der Waals surface area contributed by atoms with E-state index in [2.05, 4.69) is 16.4 Å². The molecule has 0 spiro atoms. The molecule has 3 N–H and O–H groups in total. The number of rotatable bonds is 4. The number of anilines is 1. The van der Waals surface area contributed by atoms with Gasteiger partial charge in [0.25, 0.3) is 0 Å². The Morgan fingerprint density at radius 3 is 2.67 bits per heavy atom. The van der Waals surface area contributed by atoms with Crippen molar-refractivity contribution in [1.29, 1.82) is 5.26 Å². The third kappa shape index (κ3) is 2.40. The molecule has 5 heteroatoms. The molecule has 2 rings (SSSR count). The summed E-state index contributed by atoms with van der Waals surface area (Å²) in [4.78, 5) is 4.33. The minimum atomic E-state index is -0.522. The first-order valence-electron chi connectivity index (χ1n) is 5.56. The Bertz CT molecular complexity index is 588. The van der Waals surface area contributed by atoms with Crippen LogP contribution in [0.3, 0.4) is 0 Å². The van der Waals surface area contributed by atoms with Gasteiger partial charge in [-0.25, -0.2) is 4.98 Å². The van der Waals surface area contributed by atoms with E-state index in [1.165, 1.54) is 0 Å². The summed E-state index contributed by atoms with van der Waals surface area (Å²) >= 11 is 0. The van der Waals surface area contributed by atoms with Crippen LogP contribution in [0.1, 0.15) is 5.56 Å². The Labute approximate surface area is 104 Å². The van der Waals surface area contributed by atoms with Crippen molar-refractivity contribution in [3.8, 4) is 6.07 Å². The molecular weight excluding hydrogens is 230 g/mol. The summed E-state index contributed by atoms with van der Waals surface area (Å²) in [5.74, 6) is 0.379. The van der Waals surface area contributed by atoms with E-state index in [9.17, 15) is 0 Å². The Balaban J connectivity index is 2.45. The van der Waals surface area contributed by atoms with Crippen LogP contribution >= 0.6 is 0 Å². The molecule has 0 fully saturated rings. The lowest BCUT2D eigenvalue weighted by Crippen LogP contribution is -2.28. The highest BCUT2D eigenvalue weighted by Gasteiger charge is 2.11. The average Bonchev–Trinajstić information content (AvgIpc) is 2.43. The number of aromatic nitrogens is 1. The molecule has 0 aliphatic heterocycles. The summed E-state index contributed by atoms with van der Waals surface area (Å²) in [6.45, 7) is -0.453. The molecule has 0 saturated carbocycles. The average molecular weight is 243 g/mol. The number of hydrogen-bond donors (Lipinski definition) is 3. The van der Waals surface area contributed by atoms with E-state index < -0.39 is 6.04 Å². The Morgan fingerprint density at radius 1 is 1.28 bits per heavy atom. The summed E-state index contributed by atoms with van der Waals surface area (Å²) in [5.41, 5.74) is 1.15. The highest BCUT2D eigenvalue weighted by atomic mass is 16.3. The van der Waals surface area contributed by atoms with Gasteiger partial charge in [0.05, 0.1) is 30.3 Å². The van der Waals surface area contributed by atoms with Crippen LogP contribution in [0, 0.1) is 11.3 Å². The van der Waals surface area contributed by atoms with Crippen LogP contribution in [0.5, 0.6) is 0 Å². The third-order valence-electron chi connectivity index (χ3n) is 2.63. The molecule has 92 valence electrons. The summed E-state index contributed by atoms with van der Waals surface area (Å²) in [5, 5.41) is 30.9. The molecule has 1 aromatic carbocycles. The van der Waals surface area contributed by atoms with Gasteiger partial charge in [0.1, 0.15) is 11.9 Å². The first kappa shape index (κ1) is 12.3. The van der Waals surface area contributed by atoms with Crippen LogP contribution in [0.15, 0.2) is 30.3 Å². The van der Waals surface area contributed by atoms with Gasteiger partial charge in [-0.1, -0.05) is 18.2 Å². The fourth-order valence-corrected chi connectivity index (χ4v) is 1.65. The van der Waals surface area contributed by atoms with E-state index in [-0.39, 0.29) is 13.2 Å². The number of hydrogen-bond acceptors (Lipinski definition) is 5. The largest absolute Gasteiger partial charge is 0.394 e. The van der Waals surface area contributed by atoms with Crippen molar-refractivity contribution in [3.63, 3.8) is 0 Å². The van der Waals surface area contributed by atoms with Crippen molar-refractivity contribution in [2.24, 2.45) is 0 Å². The van der Waals surface area contributed by atoms with Gasteiger partial charge in [-0.3, -0.25) is 0 Å². The highest BCUT2D eigenvalue weighted by molar-refractivity contribution is 5.82. The van der Waals surface area contributed by atoms with Crippen molar-refractivity contribution in [3.05, 3.63) is 35.9 Å². The minimum Gasteiger partial charge on any atom is -0.394 e. The van der Waals surface area contributed by atoms with Gasteiger partial charge in [0.2, 0.25) is 0 Å². The molecular formula is C13H13N3O2. The van der Waals surface area contributed by atoms with Crippen molar-refractivity contribution in [2.75, 3.05) is 18.5 Å². The van der Waals surface area contributed by atoms with E-state index in [1.807, 2.05) is 24.3 Å². The zero-order valence-corrected chi connectivity index (χ0v) is 9.67. The predicted molar refractivity (Wildman–Crippen MR) is 68.0 cm³/mol. The first-order valence-corrected chi connectivity index (χ1v) is 5.56. The number of nitrogens with zero attached hydrogens (tertiary/aromatic N) is 2. The maximum absolute atomic E-state index is 9.08. The number of nitrogens with one attached hydrogen (secondary N) is 1. The van der Waals surface area contributed by atoms with Gasteiger partial charge in [0, 0.05) is 5.39 Å². The molecule has 0 radical (unpaired) electrons. The Hall–Kier alpha value is -2.16. The minimum absolute atomic E-state index is 0.226. The first-order chi connectivity index (χ1) is 8.78. The molecule has 0 saturated heterocycles. The number of para-hydroxylation sites is 1. The molecule has 0 amide bonds. The molecule has 18 heavy (non-hydrogen) atoms. The monoisotopic (exact) mass is 243 g/mol. The van der Waals surface area contributed by atoms with Crippen LogP contribution in [0.4, 0.5) is 5.82 Å². The van der Waals surface area contributed by atoms with Crippen molar-refractivity contribution in [1.82, 2.24) is 4.98 Å². The van der Waals surface area contributed by atoms with Crippen LogP contribution in [0.25, 0.3) is 10.9 Å². The second kappa shape index (κ2) is 5.45. The van der Waals surface area contributed by atoms with Crippen molar-refractivity contribution >= 4 is 16.7 Å². The van der Waals surface area contributed by atoms with Crippen LogP contribution in [-0.2, 0) is 0 Å². The number of aliphatic hydroxyl groups is 2. The van der Waals surface area contributed by atoms with Gasteiger partial charge in [-0.15, -0.1) is 0 Å². The molecule has 5 nitrogen and oxygen atoms in total. The second-order valence-electron chi connectivity index (χ2n) is 3.90. The lowest BCUT2D eigenvalue weighted by molar-refractivity contribution is 0.203. The van der Waals surface area contributed by atoms with E-state index >= 15 is 0 Å². The number of aliphatic hydroxyl groups excluding tert-OH is 2. The lowest BCUT2D eigenvalue weighted by Gasteiger charge is -2.15. The topological polar surface area (TPSA) is 89.2 Å². The normalized spacial score (nSPS) is 10.6. The molecule has 1 aromatic heterocycles. The fraction of sp³-hybridized carbons (Fsp3) is 0.231. The third-order valence-corrected chi connectivity index (χ3v) is 2.63. The number of pyridine rings is 1. The molecule has 2 aromatic rings. The molecule has 0 aliphatic carbocycles. The number of nitriles is 1. The molecule has 0 unspecified atom stereocenters. The quantitative estimate of drug-likeness (QED) is 0.741. The highest BCUT2D eigenvalue weighted by Crippen LogP contribution is 2.20. The standard InChI is InChI=1S/C13H13N3O2/c14-6-10-5-9-3-1-2-4-12(9)16-13(10)15-11(7-17)8-18/h1-5,11,17-18H,7-8H2,(H,15,16). The smallest absolute Gasteiger partial charge is 0.145 e.